The number of aliphatic hydroxyl groups is 1. The molecular formula is C14H23N5O2. The molecule has 1 atom stereocenters. The van der Waals surface area contributed by atoms with E-state index < -0.39 is 0 Å². The van der Waals surface area contributed by atoms with Crippen LogP contribution in [0, 0.1) is 12.8 Å². The van der Waals surface area contributed by atoms with Crippen molar-refractivity contribution in [1.82, 2.24) is 24.6 Å². The first-order valence-electron chi connectivity index (χ1n) is 7.62. The molecule has 1 aliphatic carbocycles. The number of rotatable bonds is 4. The van der Waals surface area contributed by atoms with Gasteiger partial charge in [-0.25, -0.2) is 9.67 Å². The third kappa shape index (κ3) is 3.24. The Bertz CT molecular complexity index is 517. The van der Waals surface area contributed by atoms with Crippen LogP contribution in [0.4, 0.5) is 0 Å². The highest BCUT2D eigenvalue weighted by molar-refractivity contribution is 5.90. The number of β-amino-alcohol motifs (C(OH)–C–C–N with tert-alkyl or cyclic N) is 1. The summed E-state index contributed by atoms with van der Waals surface area (Å²) in [5.41, 5.74) is 0. The summed E-state index contributed by atoms with van der Waals surface area (Å²) in [7, 11) is 1.75. The van der Waals surface area contributed by atoms with Gasteiger partial charge in [0, 0.05) is 39.8 Å². The van der Waals surface area contributed by atoms with E-state index in [1.165, 1.54) is 0 Å². The second-order valence-corrected chi connectivity index (χ2v) is 6.10. The van der Waals surface area contributed by atoms with Crippen molar-refractivity contribution in [3.8, 4) is 0 Å². The minimum Gasteiger partial charge on any atom is -0.392 e. The molecule has 1 aromatic heterocycles. The maximum atomic E-state index is 12.4. The van der Waals surface area contributed by atoms with E-state index in [1.54, 1.807) is 18.7 Å². The van der Waals surface area contributed by atoms with Crippen LogP contribution in [0.3, 0.4) is 0 Å². The lowest BCUT2D eigenvalue weighted by Gasteiger charge is -2.35. The van der Waals surface area contributed by atoms with E-state index >= 15 is 0 Å². The number of hydrogen-bond donors (Lipinski definition) is 1. The fourth-order valence-electron chi connectivity index (χ4n) is 2.87. The largest absolute Gasteiger partial charge is 0.392 e. The van der Waals surface area contributed by atoms with E-state index in [0.29, 0.717) is 30.7 Å². The molecule has 1 amide bonds. The number of aromatic nitrogens is 3. The van der Waals surface area contributed by atoms with Crippen LogP contribution in [0.1, 0.15) is 29.3 Å². The number of piperazine rings is 1. The van der Waals surface area contributed by atoms with E-state index in [4.69, 9.17) is 0 Å². The quantitative estimate of drug-likeness (QED) is 0.821. The molecule has 1 saturated carbocycles. The Balaban J connectivity index is 1.53. The third-order valence-electron chi connectivity index (χ3n) is 4.33. The van der Waals surface area contributed by atoms with E-state index in [2.05, 4.69) is 15.0 Å². The minimum absolute atomic E-state index is 0.0551. The fourth-order valence-corrected chi connectivity index (χ4v) is 2.87. The molecule has 1 aliphatic heterocycles. The predicted octanol–water partition coefficient (Wildman–Crippen LogP) is -0.348. The Kier molecular flexibility index (Phi) is 3.95. The number of nitrogens with zero attached hydrogens (tertiary/aromatic N) is 5. The number of amides is 1. The summed E-state index contributed by atoms with van der Waals surface area (Å²) < 4.78 is 1.54. The molecular weight excluding hydrogens is 270 g/mol. The normalized spacial score (nSPS) is 21.6. The van der Waals surface area contributed by atoms with Crippen molar-refractivity contribution in [2.24, 2.45) is 13.0 Å². The molecule has 0 bridgehead atoms. The first kappa shape index (κ1) is 14.5. The van der Waals surface area contributed by atoms with Gasteiger partial charge in [0.2, 0.25) is 5.82 Å². The van der Waals surface area contributed by atoms with E-state index in [0.717, 1.165) is 32.5 Å². The summed E-state index contributed by atoms with van der Waals surface area (Å²) in [6.07, 6.45) is 2.12. The number of hydrogen-bond acceptors (Lipinski definition) is 5. The zero-order valence-corrected chi connectivity index (χ0v) is 12.7. The maximum Gasteiger partial charge on any atom is 0.291 e. The molecule has 2 fully saturated rings. The Morgan fingerprint density at radius 3 is 2.52 bits per heavy atom. The van der Waals surface area contributed by atoms with Gasteiger partial charge in [-0.3, -0.25) is 9.69 Å². The molecule has 2 aliphatic rings. The maximum absolute atomic E-state index is 12.4. The molecule has 1 saturated heterocycles. The smallest absolute Gasteiger partial charge is 0.291 e. The first-order valence-corrected chi connectivity index (χ1v) is 7.62. The average Bonchev–Trinajstić information content (AvgIpc) is 3.24. The SMILES string of the molecule is Cc1nc(C(=O)N2CCN(CC(O)C3CC3)CC2)n(C)n1. The van der Waals surface area contributed by atoms with Gasteiger partial charge in [0.25, 0.3) is 5.91 Å². The predicted molar refractivity (Wildman–Crippen MR) is 76.8 cm³/mol. The van der Waals surface area contributed by atoms with Crippen LogP contribution >= 0.6 is 0 Å². The van der Waals surface area contributed by atoms with Gasteiger partial charge in [0.1, 0.15) is 5.82 Å². The molecule has 7 heteroatoms. The van der Waals surface area contributed by atoms with Crippen LogP contribution in [-0.4, -0.2) is 74.4 Å². The zero-order valence-electron chi connectivity index (χ0n) is 12.7. The van der Waals surface area contributed by atoms with Crippen molar-refractivity contribution < 1.29 is 9.90 Å². The highest BCUT2D eigenvalue weighted by Gasteiger charge is 2.32. The number of aliphatic hydroxyl groups excluding tert-OH is 1. The second kappa shape index (κ2) is 5.73. The Morgan fingerprint density at radius 1 is 1.33 bits per heavy atom. The van der Waals surface area contributed by atoms with Crippen LogP contribution in [0.15, 0.2) is 0 Å². The van der Waals surface area contributed by atoms with Gasteiger partial charge >= 0.3 is 0 Å². The van der Waals surface area contributed by atoms with Gasteiger partial charge < -0.3 is 10.0 Å². The molecule has 0 aromatic carbocycles. The number of carbonyl (C=O) groups excluding carboxylic acids is 1. The lowest BCUT2D eigenvalue weighted by atomic mass is 10.2. The number of aryl methyl sites for hydroxylation is 2. The van der Waals surface area contributed by atoms with Gasteiger partial charge in [-0.2, -0.15) is 5.10 Å². The molecule has 1 aromatic rings. The van der Waals surface area contributed by atoms with E-state index in [1.807, 2.05) is 4.90 Å². The van der Waals surface area contributed by atoms with Crippen LogP contribution in [0.25, 0.3) is 0 Å². The molecule has 1 unspecified atom stereocenters. The van der Waals surface area contributed by atoms with Gasteiger partial charge in [-0.15, -0.1) is 0 Å². The molecule has 21 heavy (non-hydrogen) atoms. The molecule has 7 nitrogen and oxygen atoms in total. The second-order valence-electron chi connectivity index (χ2n) is 6.10. The summed E-state index contributed by atoms with van der Waals surface area (Å²) >= 11 is 0. The van der Waals surface area contributed by atoms with Crippen LogP contribution in [0.2, 0.25) is 0 Å². The Morgan fingerprint density at radius 2 is 2.00 bits per heavy atom. The molecule has 1 N–H and O–H groups in total. The minimum atomic E-state index is -0.200. The summed E-state index contributed by atoms with van der Waals surface area (Å²) in [5, 5.41) is 14.1. The summed E-state index contributed by atoms with van der Waals surface area (Å²) in [5.74, 6) is 1.47. The van der Waals surface area contributed by atoms with Crippen LogP contribution in [0.5, 0.6) is 0 Å². The van der Waals surface area contributed by atoms with Crippen molar-refractivity contribution in [2.45, 2.75) is 25.9 Å². The van der Waals surface area contributed by atoms with Crippen molar-refractivity contribution in [3.63, 3.8) is 0 Å². The lowest BCUT2D eigenvalue weighted by Crippen LogP contribution is -2.51. The fraction of sp³-hybridized carbons (Fsp3) is 0.786. The summed E-state index contributed by atoms with van der Waals surface area (Å²) in [6.45, 7) is 5.51. The standard InChI is InChI=1S/C14H23N5O2/c1-10-15-13(17(2)16-10)14(21)19-7-5-18(6-8-19)9-12(20)11-3-4-11/h11-12,20H,3-9H2,1-2H3. The molecule has 0 radical (unpaired) electrons. The van der Waals surface area contributed by atoms with Crippen molar-refractivity contribution in [3.05, 3.63) is 11.6 Å². The monoisotopic (exact) mass is 293 g/mol. The highest BCUT2D eigenvalue weighted by atomic mass is 16.3. The van der Waals surface area contributed by atoms with Gasteiger partial charge in [-0.1, -0.05) is 0 Å². The number of carbonyl (C=O) groups is 1. The van der Waals surface area contributed by atoms with Crippen LogP contribution < -0.4 is 0 Å². The summed E-state index contributed by atoms with van der Waals surface area (Å²) in [6, 6.07) is 0. The highest BCUT2D eigenvalue weighted by Crippen LogP contribution is 2.32. The molecule has 2 heterocycles. The van der Waals surface area contributed by atoms with Crippen molar-refractivity contribution in [2.75, 3.05) is 32.7 Å². The van der Waals surface area contributed by atoms with Crippen molar-refractivity contribution in [1.29, 1.82) is 0 Å². The third-order valence-corrected chi connectivity index (χ3v) is 4.33. The molecule has 116 valence electrons. The lowest BCUT2D eigenvalue weighted by molar-refractivity contribution is 0.0477. The first-order chi connectivity index (χ1) is 10.0. The molecule has 3 rings (SSSR count). The van der Waals surface area contributed by atoms with Crippen LogP contribution in [-0.2, 0) is 7.05 Å². The average molecular weight is 293 g/mol. The summed E-state index contributed by atoms with van der Waals surface area (Å²) in [4.78, 5) is 20.7. The topological polar surface area (TPSA) is 74.5 Å². The zero-order chi connectivity index (χ0) is 15.0. The Labute approximate surface area is 124 Å². The van der Waals surface area contributed by atoms with Gasteiger partial charge in [-0.05, 0) is 25.7 Å². The van der Waals surface area contributed by atoms with E-state index in [-0.39, 0.29) is 12.0 Å². The van der Waals surface area contributed by atoms with Gasteiger partial charge in [0.05, 0.1) is 6.10 Å². The Hall–Kier alpha value is -1.47. The van der Waals surface area contributed by atoms with Gasteiger partial charge in [0.15, 0.2) is 0 Å². The molecule has 0 spiro atoms. The van der Waals surface area contributed by atoms with Crippen molar-refractivity contribution >= 4 is 5.91 Å². The van der Waals surface area contributed by atoms with E-state index in [9.17, 15) is 9.90 Å².